The number of nitrogens with one attached hydrogen (secondary N) is 1. The van der Waals surface area contributed by atoms with Gasteiger partial charge in [0.25, 0.3) is 5.91 Å². The number of nitrogens with zero attached hydrogens (tertiary/aromatic N) is 1. The maximum absolute atomic E-state index is 13.0. The van der Waals surface area contributed by atoms with Crippen LogP contribution >= 0.6 is 23.2 Å². The van der Waals surface area contributed by atoms with Crippen molar-refractivity contribution in [3.8, 4) is 17.2 Å². The number of likely N-dealkylation sites (N-methyl/N-ethyl adjacent to an activating group) is 1. The van der Waals surface area contributed by atoms with Crippen LogP contribution in [-0.4, -0.2) is 51.1 Å². The lowest BCUT2D eigenvalue weighted by Crippen LogP contribution is -2.38. The van der Waals surface area contributed by atoms with Gasteiger partial charge in [-0.1, -0.05) is 29.3 Å². The summed E-state index contributed by atoms with van der Waals surface area (Å²) in [5.41, 5.74) is 0.599. The molecule has 0 aliphatic heterocycles. The molecular weight excluding hydrogens is 419 g/mol. The summed E-state index contributed by atoms with van der Waals surface area (Å²) in [6.07, 6.45) is 0. The van der Waals surface area contributed by atoms with E-state index in [-0.39, 0.29) is 12.5 Å². The second-order valence-electron chi connectivity index (χ2n) is 5.88. The minimum atomic E-state index is -0.428. The number of ether oxygens (including phenoxy) is 3. The Kier molecular flexibility index (Phi) is 7.99. The number of hydrogen-bond acceptors (Lipinski definition) is 5. The molecule has 0 bridgehead atoms. The van der Waals surface area contributed by atoms with Crippen LogP contribution in [0.4, 0.5) is 5.69 Å². The van der Waals surface area contributed by atoms with E-state index in [0.29, 0.717) is 45.1 Å². The highest BCUT2D eigenvalue weighted by molar-refractivity contribution is 6.39. The fourth-order valence-corrected chi connectivity index (χ4v) is 3.18. The number of carbonyl (C=O) groups is 2. The Balaban J connectivity index is 2.23. The third-order valence-corrected chi connectivity index (χ3v) is 4.77. The summed E-state index contributed by atoms with van der Waals surface area (Å²) in [4.78, 5) is 26.8. The molecule has 2 aromatic carbocycles. The summed E-state index contributed by atoms with van der Waals surface area (Å²) in [5.74, 6) is 0.271. The highest BCUT2D eigenvalue weighted by atomic mass is 35.5. The summed E-state index contributed by atoms with van der Waals surface area (Å²) < 4.78 is 15.8. The van der Waals surface area contributed by atoms with Crippen LogP contribution < -0.4 is 19.5 Å². The molecule has 29 heavy (non-hydrogen) atoms. The molecule has 0 spiro atoms. The first-order chi connectivity index (χ1) is 13.9. The highest BCUT2D eigenvalue weighted by Gasteiger charge is 2.22. The predicted octanol–water partition coefficient (Wildman–Crippen LogP) is 4.12. The fraction of sp³-hybridized carbons (Fsp3) is 0.300. The van der Waals surface area contributed by atoms with Crippen molar-refractivity contribution in [1.82, 2.24) is 4.90 Å². The van der Waals surface area contributed by atoms with E-state index in [1.807, 2.05) is 0 Å². The molecule has 0 saturated carbocycles. The van der Waals surface area contributed by atoms with E-state index in [0.717, 1.165) is 0 Å². The lowest BCUT2D eigenvalue weighted by Gasteiger charge is -2.22. The Hall–Kier alpha value is -2.64. The van der Waals surface area contributed by atoms with Gasteiger partial charge in [-0.05, 0) is 31.2 Å². The van der Waals surface area contributed by atoms with E-state index in [1.54, 1.807) is 25.1 Å². The molecule has 0 aromatic heterocycles. The molecule has 156 valence electrons. The van der Waals surface area contributed by atoms with E-state index >= 15 is 0 Å². The van der Waals surface area contributed by atoms with Crippen molar-refractivity contribution in [2.24, 2.45) is 0 Å². The van der Waals surface area contributed by atoms with Crippen molar-refractivity contribution in [3.63, 3.8) is 0 Å². The topological polar surface area (TPSA) is 77.1 Å². The molecule has 0 aliphatic carbocycles. The van der Waals surface area contributed by atoms with Gasteiger partial charge in [0.15, 0.2) is 11.5 Å². The number of benzene rings is 2. The maximum Gasteiger partial charge on any atom is 0.254 e. The molecule has 0 aliphatic rings. The SMILES string of the molecule is CCN(CC(=O)Nc1c(Cl)cccc1Cl)C(=O)c1cc(OC)c(OC)c(OC)c1. The smallest absolute Gasteiger partial charge is 0.254 e. The van der Waals surface area contributed by atoms with Crippen molar-refractivity contribution in [2.45, 2.75) is 6.92 Å². The van der Waals surface area contributed by atoms with Crippen LogP contribution in [0.5, 0.6) is 17.2 Å². The van der Waals surface area contributed by atoms with E-state index < -0.39 is 5.91 Å². The van der Waals surface area contributed by atoms with Crippen LogP contribution in [0.15, 0.2) is 30.3 Å². The first-order valence-electron chi connectivity index (χ1n) is 8.69. The molecule has 1 N–H and O–H groups in total. The van der Waals surface area contributed by atoms with Gasteiger partial charge in [-0.25, -0.2) is 0 Å². The zero-order valence-electron chi connectivity index (χ0n) is 16.5. The van der Waals surface area contributed by atoms with Crippen LogP contribution in [0, 0.1) is 0 Å². The Morgan fingerprint density at radius 1 is 1.00 bits per heavy atom. The van der Waals surface area contributed by atoms with Crippen molar-refractivity contribution < 1.29 is 23.8 Å². The molecule has 0 heterocycles. The van der Waals surface area contributed by atoms with Crippen molar-refractivity contribution >= 4 is 40.7 Å². The van der Waals surface area contributed by atoms with Crippen LogP contribution in [0.25, 0.3) is 0 Å². The molecule has 2 amide bonds. The number of anilines is 1. The van der Waals surface area contributed by atoms with Crippen molar-refractivity contribution in [2.75, 3.05) is 39.7 Å². The number of rotatable bonds is 8. The van der Waals surface area contributed by atoms with Gasteiger partial charge in [0, 0.05) is 12.1 Å². The number of halogens is 2. The summed E-state index contributed by atoms with van der Waals surface area (Å²) >= 11 is 12.2. The van der Waals surface area contributed by atoms with E-state index in [9.17, 15) is 9.59 Å². The van der Waals surface area contributed by atoms with Crippen LogP contribution in [0.2, 0.25) is 10.0 Å². The number of methoxy groups -OCH3 is 3. The third kappa shape index (κ3) is 5.25. The van der Waals surface area contributed by atoms with E-state index in [1.165, 1.54) is 38.4 Å². The standard InChI is InChI=1S/C20H22Cl2N2O5/c1-5-24(11-17(25)23-18-13(21)7-6-8-14(18)22)20(26)12-9-15(27-2)19(29-4)16(10-12)28-3/h6-10H,5,11H2,1-4H3,(H,23,25). The lowest BCUT2D eigenvalue weighted by atomic mass is 10.1. The quantitative estimate of drug-likeness (QED) is 0.667. The molecule has 0 radical (unpaired) electrons. The van der Waals surface area contributed by atoms with Gasteiger partial charge in [-0.15, -0.1) is 0 Å². The Morgan fingerprint density at radius 2 is 1.55 bits per heavy atom. The molecule has 7 nitrogen and oxygen atoms in total. The van der Waals surface area contributed by atoms with Crippen LogP contribution in [-0.2, 0) is 4.79 Å². The molecule has 9 heteroatoms. The Labute approximate surface area is 179 Å². The molecule has 0 fully saturated rings. The predicted molar refractivity (Wildman–Crippen MR) is 113 cm³/mol. The molecule has 0 unspecified atom stereocenters. The molecule has 2 aromatic rings. The van der Waals surface area contributed by atoms with Gasteiger partial charge in [-0.3, -0.25) is 9.59 Å². The molecule has 0 saturated heterocycles. The van der Waals surface area contributed by atoms with E-state index in [2.05, 4.69) is 5.32 Å². The van der Waals surface area contributed by atoms with Crippen molar-refractivity contribution in [3.05, 3.63) is 45.9 Å². The summed E-state index contributed by atoms with van der Waals surface area (Å²) in [7, 11) is 4.40. The molecule has 0 atom stereocenters. The highest BCUT2D eigenvalue weighted by Crippen LogP contribution is 2.38. The largest absolute Gasteiger partial charge is 0.493 e. The minimum Gasteiger partial charge on any atom is -0.493 e. The number of hydrogen-bond donors (Lipinski definition) is 1. The second kappa shape index (κ2) is 10.2. The van der Waals surface area contributed by atoms with Gasteiger partial charge in [-0.2, -0.15) is 0 Å². The minimum absolute atomic E-state index is 0.187. The summed E-state index contributed by atoms with van der Waals surface area (Å²) in [6.45, 7) is 1.89. The first-order valence-corrected chi connectivity index (χ1v) is 9.44. The average Bonchev–Trinajstić information content (AvgIpc) is 2.72. The number of amides is 2. The van der Waals surface area contributed by atoms with Gasteiger partial charge >= 0.3 is 0 Å². The Bertz CT molecular complexity index is 859. The monoisotopic (exact) mass is 440 g/mol. The molecular formula is C20H22Cl2N2O5. The van der Waals surface area contributed by atoms with Crippen molar-refractivity contribution in [1.29, 1.82) is 0 Å². The number of para-hydroxylation sites is 1. The average molecular weight is 441 g/mol. The Morgan fingerprint density at radius 3 is 2.00 bits per heavy atom. The van der Waals surface area contributed by atoms with Gasteiger partial charge in [0.2, 0.25) is 11.7 Å². The summed E-state index contributed by atoms with van der Waals surface area (Å²) in [6, 6.07) is 7.97. The maximum atomic E-state index is 13.0. The zero-order valence-corrected chi connectivity index (χ0v) is 18.1. The zero-order chi connectivity index (χ0) is 21.6. The van der Waals surface area contributed by atoms with Crippen LogP contribution in [0.1, 0.15) is 17.3 Å². The van der Waals surface area contributed by atoms with Gasteiger partial charge < -0.3 is 24.4 Å². The van der Waals surface area contributed by atoms with Gasteiger partial charge in [0.05, 0.1) is 37.1 Å². The van der Waals surface area contributed by atoms with Crippen LogP contribution in [0.3, 0.4) is 0 Å². The fourth-order valence-electron chi connectivity index (χ4n) is 2.68. The third-order valence-electron chi connectivity index (χ3n) is 4.14. The van der Waals surface area contributed by atoms with Gasteiger partial charge in [0.1, 0.15) is 6.54 Å². The second-order valence-corrected chi connectivity index (χ2v) is 6.69. The first kappa shape index (κ1) is 22.6. The normalized spacial score (nSPS) is 10.3. The lowest BCUT2D eigenvalue weighted by molar-refractivity contribution is -0.116. The number of carbonyl (C=O) groups excluding carboxylic acids is 2. The van der Waals surface area contributed by atoms with E-state index in [4.69, 9.17) is 37.4 Å². The summed E-state index contributed by atoms with van der Waals surface area (Å²) in [5, 5.41) is 3.27. The molecule has 2 rings (SSSR count).